The number of thioether (sulfide) groups is 1. The van der Waals surface area contributed by atoms with Crippen molar-refractivity contribution in [3.63, 3.8) is 0 Å². The summed E-state index contributed by atoms with van der Waals surface area (Å²) in [6.07, 6.45) is 1.62. The minimum Gasteiger partial charge on any atom is -0.467 e. The summed E-state index contributed by atoms with van der Waals surface area (Å²) in [7, 11) is 0. The molecule has 3 heterocycles. The SMILES string of the molecule is C[C@H](Sc1nnc(NCc2ccco2)s1)C(=O)N1CC(=O)Nc2ccccc21. The number of anilines is 3. The van der Waals surface area contributed by atoms with E-state index in [4.69, 9.17) is 4.42 Å². The lowest BCUT2D eigenvalue weighted by Gasteiger charge is -2.30. The first-order valence-corrected chi connectivity index (χ1v) is 10.3. The average Bonchev–Trinajstić information content (AvgIpc) is 3.37. The molecule has 0 spiro atoms. The molecule has 1 aliphatic rings. The van der Waals surface area contributed by atoms with Crippen LogP contribution in [0, 0.1) is 0 Å². The molecule has 0 unspecified atom stereocenters. The number of aromatic nitrogens is 2. The summed E-state index contributed by atoms with van der Waals surface area (Å²) in [6.45, 7) is 2.33. The zero-order valence-corrected chi connectivity index (χ0v) is 16.5. The third-order valence-electron chi connectivity index (χ3n) is 4.06. The highest BCUT2D eigenvalue weighted by Crippen LogP contribution is 2.34. The lowest BCUT2D eigenvalue weighted by molar-refractivity contribution is -0.121. The Labute approximate surface area is 169 Å². The number of nitrogens with zero attached hydrogens (tertiary/aromatic N) is 3. The normalized spacial score (nSPS) is 14.3. The van der Waals surface area contributed by atoms with Crippen LogP contribution in [0.15, 0.2) is 51.4 Å². The Balaban J connectivity index is 1.40. The van der Waals surface area contributed by atoms with Crippen molar-refractivity contribution in [1.82, 2.24) is 10.2 Å². The first kappa shape index (κ1) is 18.5. The molecule has 0 fully saturated rings. The Morgan fingerprint density at radius 2 is 2.21 bits per heavy atom. The number of fused-ring (bicyclic) bond motifs is 1. The first-order chi connectivity index (χ1) is 13.6. The van der Waals surface area contributed by atoms with Crippen LogP contribution in [0.5, 0.6) is 0 Å². The molecule has 2 amide bonds. The second-order valence-electron chi connectivity index (χ2n) is 6.06. The molecule has 2 aromatic heterocycles. The zero-order valence-electron chi connectivity index (χ0n) is 14.9. The predicted molar refractivity (Wildman–Crippen MR) is 109 cm³/mol. The van der Waals surface area contributed by atoms with Gasteiger partial charge in [0.15, 0.2) is 4.34 Å². The molecule has 28 heavy (non-hydrogen) atoms. The summed E-state index contributed by atoms with van der Waals surface area (Å²) in [4.78, 5) is 26.4. The number of carbonyl (C=O) groups excluding carboxylic acids is 2. The largest absolute Gasteiger partial charge is 0.467 e. The number of carbonyl (C=O) groups is 2. The van der Waals surface area contributed by atoms with Gasteiger partial charge in [-0.15, -0.1) is 10.2 Å². The number of amides is 2. The van der Waals surface area contributed by atoms with Gasteiger partial charge in [0.1, 0.15) is 12.3 Å². The van der Waals surface area contributed by atoms with Crippen molar-refractivity contribution in [3.8, 4) is 0 Å². The Morgan fingerprint density at radius 3 is 3.04 bits per heavy atom. The van der Waals surface area contributed by atoms with E-state index in [2.05, 4.69) is 20.8 Å². The topological polar surface area (TPSA) is 100 Å². The molecule has 144 valence electrons. The summed E-state index contributed by atoms with van der Waals surface area (Å²) in [5.41, 5.74) is 1.35. The van der Waals surface area contributed by atoms with Crippen molar-refractivity contribution in [2.24, 2.45) is 0 Å². The molecule has 1 aromatic carbocycles. The van der Waals surface area contributed by atoms with E-state index in [0.29, 0.717) is 27.4 Å². The zero-order chi connectivity index (χ0) is 19.5. The number of nitrogens with one attached hydrogen (secondary N) is 2. The van der Waals surface area contributed by atoms with Gasteiger partial charge in [0.05, 0.1) is 29.4 Å². The monoisotopic (exact) mass is 415 g/mol. The summed E-state index contributed by atoms with van der Waals surface area (Å²) in [5.74, 6) is 0.451. The Morgan fingerprint density at radius 1 is 1.36 bits per heavy atom. The maximum Gasteiger partial charge on any atom is 0.244 e. The van der Waals surface area contributed by atoms with E-state index < -0.39 is 5.25 Å². The predicted octanol–water partition coefficient (Wildman–Crippen LogP) is 3.21. The lowest BCUT2D eigenvalue weighted by Crippen LogP contribution is -2.45. The van der Waals surface area contributed by atoms with Crippen LogP contribution in [0.25, 0.3) is 0 Å². The van der Waals surface area contributed by atoms with Gasteiger partial charge in [-0.2, -0.15) is 0 Å². The van der Waals surface area contributed by atoms with Crippen molar-refractivity contribution < 1.29 is 14.0 Å². The van der Waals surface area contributed by atoms with E-state index >= 15 is 0 Å². The molecule has 1 aliphatic heterocycles. The van der Waals surface area contributed by atoms with Gasteiger partial charge in [0.2, 0.25) is 16.9 Å². The standard InChI is InChI=1S/C18H17N5O3S2/c1-11(16(25)23-10-15(24)20-13-6-2-3-7-14(13)23)27-18-22-21-17(28-18)19-9-12-5-4-8-26-12/h2-8,11H,9-10H2,1H3,(H,19,21)(H,20,24)/t11-/m0/s1. The van der Waals surface area contributed by atoms with Gasteiger partial charge < -0.3 is 15.1 Å². The molecule has 2 N–H and O–H groups in total. The molecule has 0 radical (unpaired) electrons. The van der Waals surface area contributed by atoms with Crippen molar-refractivity contribution in [2.45, 2.75) is 23.1 Å². The van der Waals surface area contributed by atoms with Gasteiger partial charge in [0.25, 0.3) is 0 Å². The van der Waals surface area contributed by atoms with Crippen molar-refractivity contribution in [2.75, 3.05) is 22.1 Å². The van der Waals surface area contributed by atoms with Crippen molar-refractivity contribution in [1.29, 1.82) is 0 Å². The van der Waals surface area contributed by atoms with Gasteiger partial charge >= 0.3 is 0 Å². The third-order valence-corrected chi connectivity index (χ3v) is 6.12. The van der Waals surface area contributed by atoms with E-state index in [0.717, 1.165) is 5.76 Å². The van der Waals surface area contributed by atoms with E-state index in [1.807, 2.05) is 30.3 Å². The second kappa shape index (κ2) is 8.03. The Kier molecular flexibility index (Phi) is 5.31. The van der Waals surface area contributed by atoms with Crippen LogP contribution in [0.1, 0.15) is 12.7 Å². The van der Waals surface area contributed by atoms with E-state index in [9.17, 15) is 9.59 Å². The number of rotatable bonds is 6. The van der Waals surface area contributed by atoms with Crippen LogP contribution in [-0.4, -0.2) is 33.8 Å². The molecule has 8 nitrogen and oxygen atoms in total. The molecule has 1 atom stereocenters. The van der Waals surface area contributed by atoms with Crippen LogP contribution in [0.3, 0.4) is 0 Å². The Hall–Kier alpha value is -2.85. The average molecular weight is 416 g/mol. The molecular weight excluding hydrogens is 398 g/mol. The molecule has 4 rings (SSSR count). The number of benzene rings is 1. The molecule has 10 heteroatoms. The molecule has 0 bridgehead atoms. The lowest BCUT2D eigenvalue weighted by atomic mass is 10.2. The molecule has 0 saturated heterocycles. The maximum absolute atomic E-state index is 13.0. The van der Waals surface area contributed by atoms with E-state index in [1.54, 1.807) is 19.3 Å². The highest BCUT2D eigenvalue weighted by Gasteiger charge is 2.30. The fourth-order valence-corrected chi connectivity index (χ4v) is 4.71. The van der Waals surface area contributed by atoms with Crippen molar-refractivity contribution >= 4 is 51.4 Å². The molecule has 0 saturated carbocycles. The Bertz CT molecular complexity index is 989. The minimum absolute atomic E-state index is 0.00676. The fourth-order valence-electron chi connectivity index (χ4n) is 2.76. The highest BCUT2D eigenvalue weighted by atomic mass is 32.2. The van der Waals surface area contributed by atoms with Crippen LogP contribution < -0.4 is 15.5 Å². The van der Waals surface area contributed by atoms with Gasteiger partial charge in [-0.3, -0.25) is 14.5 Å². The van der Waals surface area contributed by atoms with Gasteiger partial charge in [0, 0.05) is 0 Å². The molecule has 0 aliphatic carbocycles. The van der Waals surface area contributed by atoms with Crippen molar-refractivity contribution in [3.05, 3.63) is 48.4 Å². The summed E-state index contributed by atoms with van der Waals surface area (Å²) < 4.78 is 5.95. The second-order valence-corrected chi connectivity index (χ2v) is 8.62. The number of para-hydroxylation sites is 2. The van der Waals surface area contributed by atoms with Crippen LogP contribution >= 0.6 is 23.1 Å². The smallest absolute Gasteiger partial charge is 0.244 e. The quantitative estimate of drug-likeness (QED) is 0.596. The summed E-state index contributed by atoms with van der Waals surface area (Å²) >= 11 is 2.70. The van der Waals surface area contributed by atoms with E-state index in [-0.39, 0.29) is 18.4 Å². The van der Waals surface area contributed by atoms with Crippen LogP contribution in [0.2, 0.25) is 0 Å². The number of hydrogen-bond acceptors (Lipinski definition) is 8. The van der Waals surface area contributed by atoms with Gasteiger partial charge in [-0.25, -0.2) is 0 Å². The number of furan rings is 1. The number of hydrogen-bond donors (Lipinski definition) is 2. The summed E-state index contributed by atoms with van der Waals surface area (Å²) in [5, 5.41) is 14.4. The summed E-state index contributed by atoms with van der Waals surface area (Å²) in [6, 6.07) is 11.0. The highest BCUT2D eigenvalue weighted by molar-refractivity contribution is 8.02. The van der Waals surface area contributed by atoms with Gasteiger partial charge in [-0.1, -0.05) is 35.2 Å². The van der Waals surface area contributed by atoms with E-state index in [1.165, 1.54) is 28.0 Å². The fraction of sp³-hybridized carbons (Fsp3) is 0.222. The van der Waals surface area contributed by atoms with Gasteiger partial charge in [-0.05, 0) is 31.2 Å². The minimum atomic E-state index is -0.412. The maximum atomic E-state index is 13.0. The molecule has 3 aromatic rings. The first-order valence-electron chi connectivity index (χ1n) is 8.57. The third kappa shape index (κ3) is 4.02. The molecular formula is C18H17N5O3S2. The van der Waals surface area contributed by atoms with Crippen LogP contribution in [0.4, 0.5) is 16.5 Å². The van der Waals surface area contributed by atoms with Crippen LogP contribution in [-0.2, 0) is 16.1 Å².